The van der Waals surface area contributed by atoms with E-state index in [2.05, 4.69) is 65.9 Å². The first-order valence-corrected chi connectivity index (χ1v) is 7.53. The van der Waals surface area contributed by atoms with Crippen molar-refractivity contribution in [2.24, 2.45) is 4.99 Å². The van der Waals surface area contributed by atoms with Crippen LogP contribution in [-0.4, -0.2) is 25.1 Å². The van der Waals surface area contributed by atoms with Gasteiger partial charge in [0.2, 0.25) is 0 Å². The maximum Gasteiger partial charge on any atom is 0.191 e. The largest absolute Gasteiger partial charge is 0.357 e. The first-order chi connectivity index (χ1) is 9.78. The van der Waals surface area contributed by atoms with Crippen LogP contribution >= 0.6 is 24.0 Å². The maximum absolute atomic E-state index is 4.67. The van der Waals surface area contributed by atoms with Gasteiger partial charge in [0, 0.05) is 19.1 Å². The van der Waals surface area contributed by atoms with Gasteiger partial charge in [0.05, 0.1) is 0 Å². The number of benzene rings is 1. The SMILES string of the molecule is CCNC(=NCCc1cccc(C)c1)NC1CC=CC1.I. The van der Waals surface area contributed by atoms with Crippen LogP contribution in [0.15, 0.2) is 41.4 Å². The van der Waals surface area contributed by atoms with E-state index in [0.29, 0.717) is 6.04 Å². The number of aryl methyl sites for hydroxylation is 1. The number of aliphatic imine (C=N–C) groups is 1. The van der Waals surface area contributed by atoms with Crippen molar-refractivity contribution in [3.8, 4) is 0 Å². The monoisotopic (exact) mass is 399 g/mol. The van der Waals surface area contributed by atoms with E-state index in [4.69, 9.17) is 0 Å². The summed E-state index contributed by atoms with van der Waals surface area (Å²) in [5.74, 6) is 0.939. The molecule has 0 saturated carbocycles. The summed E-state index contributed by atoms with van der Waals surface area (Å²) in [5.41, 5.74) is 2.67. The molecule has 1 aliphatic rings. The number of nitrogens with one attached hydrogen (secondary N) is 2. The Morgan fingerprint density at radius 1 is 1.29 bits per heavy atom. The second-order valence-electron chi connectivity index (χ2n) is 5.28. The van der Waals surface area contributed by atoms with Crippen molar-refractivity contribution in [2.75, 3.05) is 13.1 Å². The molecule has 1 aliphatic carbocycles. The quantitative estimate of drug-likeness (QED) is 0.345. The standard InChI is InChI=1S/C17H25N3.HI/c1-3-18-17(20-16-9-4-5-10-16)19-12-11-15-8-6-7-14(2)13-15;/h4-8,13,16H,3,9-12H2,1-2H3,(H2,18,19,20);1H. The Balaban J connectivity index is 0.00000220. The highest BCUT2D eigenvalue weighted by Crippen LogP contribution is 2.09. The van der Waals surface area contributed by atoms with Gasteiger partial charge in [0.15, 0.2) is 5.96 Å². The van der Waals surface area contributed by atoms with Crippen LogP contribution < -0.4 is 10.6 Å². The Morgan fingerprint density at radius 3 is 2.71 bits per heavy atom. The lowest BCUT2D eigenvalue weighted by molar-refractivity contribution is 0.633. The zero-order valence-electron chi connectivity index (χ0n) is 12.9. The third kappa shape index (κ3) is 6.50. The molecule has 0 aliphatic heterocycles. The Labute approximate surface area is 145 Å². The van der Waals surface area contributed by atoms with Gasteiger partial charge in [0.25, 0.3) is 0 Å². The van der Waals surface area contributed by atoms with Crippen LogP contribution in [0.25, 0.3) is 0 Å². The van der Waals surface area contributed by atoms with E-state index in [-0.39, 0.29) is 24.0 Å². The summed E-state index contributed by atoms with van der Waals surface area (Å²) < 4.78 is 0. The third-order valence-corrected chi connectivity index (χ3v) is 3.45. The van der Waals surface area contributed by atoms with Crippen molar-refractivity contribution in [3.05, 3.63) is 47.5 Å². The molecule has 0 spiro atoms. The summed E-state index contributed by atoms with van der Waals surface area (Å²) >= 11 is 0. The lowest BCUT2D eigenvalue weighted by atomic mass is 10.1. The number of hydrogen-bond acceptors (Lipinski definition) is 1. The highest BCUT2D eigenvalue weighted by Gasteiger charge is 2.11. The minimum Gasteiger partial charge on any atom is -0.357 e. The Hall–Kier alpha value is -1.04. The average molecular weight is 399 g/mol. The average Bonchev–Trinajstić information content (AvgIpc) is 2.92. The van der Waals surface area contributed by atoms with Gasteiger partial charge in [0.1, 0.15) is 0 Å². The first kappa shape index (κ1) is 18.0. The van der Waals surface area contributed by atoms with Gasteiger partial charge >= 0.3 is 0 Å². The molecule has 21 heavy (non-hydrogen) atoms. The van der Waals surface area contributed by atoms with Crippen LogP contribution in [0, 0.1) is 6.92 Å². The van der Waals surface area contributed by atoms with Crippen molar-refractivity contribution in [3.63, 3.8) is 0 Å². The van der Waals surface area contributed by atoms with Gasteiger partial charge in [-0.05, 0) is 38.7 Å². The molecule has 1 aromatic rings. The van der Waals surface area contributed by atoms with E-state index >= 15 is 0 Å². The van der Waals surface area contributed by atoms with Gasteiger partial charge in [-0.25, -0.2) is 0 Å². The zero-order chi connectivity index (χ0) is 14.2. The lowest BCUT2D eigenvalue weighted by Crippen LogP contribution is -2.42. The smallest absolute Gasteiger partial charge is 0.191 e. The molecule has 0 amide bonds. The second kappa shape index (κ2) is 9.82. The Bertz CT molecular complexity index is 475. The van der Waals surface area contributed by atoms with E-state index in [1.807, 2.05) is 0 Å². The van der Waals surface area contributed by atoms with Crippen LogP contribution in [0.1, 0.15) is 30.9 Å². The number of rotatable bonds is 5. The minimum atomic E-state index is 0. The molecule has 116 valence electrons. The molecule has 0 aromatic heterocycles. The van der Waals surface area contributed by atoms with Crippen molar-refractivity contribution >= 4 is 29.9 Å². The summed E-state index contributed by atoms with van der Waals surface area (Å²) in [5, 5.41) is 6.81. The molecular weight excluding hydrogens is 373 g/mol. The van der Waals surface area contributed by atoms with E-state index in [1.165, 1.54) is 11.1 Å². The summed E-state index contributed by atoms with van der Waals surface area (Å²) in [6.45, 7) is 5.95. The van der Waals surface area contributed by atoms with Gasteiger partial charge < -0.3 is 10.6 Å². The number of guanidine groups is 1. The van der Waals surface area contributed by atoms with Crippen LogP contribution in [0.5, 0.6) is 0 Å². The number of halogens is 1. The van der Waals surface area contributed by atoms with E-state index in [0.717, 1.165) is 38.3 Å². The Kier molecular flexibility index (Phi) is 8.42. The highest BCUT2D eigenvalue weighted by atomic mass is 127. The van der Waals surface area contributed by atoms with Gasteiger partial charge in [-0.15, -0.1) is 24.0 Å². The van der Waals surface area contributed by atoms with E-state index in [9.17, 15) is 0 Å². The molecule has 0 fully saturated rings. The molecule has 0 atom stereocenters. The fraction of sp³-hybridized carbons (Fsp3) is 0.471. The van der Waals surface area contributed by atoms with E-state index < -0.39 is 0 Å². The predicted octanol–water partition coefficient (Wildman–Crippen LogP) is 3.43. The molecule has 4 heteroatoms. The predicted molar refractivity (Wildman–Crippen MR) is 102 cm³/mol. The van der Waals surface area contributed by atoms with Crippen LogP contribution in [0.2, 0.25) is 0 Å². The molecule has 0 heterocycles. The summed E-state index contributed by atoms with van der Waals surface area (Å²) in [6, 6.07) is 9.15. The van der Waals surface area contributed by atoms with Gasteiger partial charge in [-0.3, -0.25) is 4.99 Å². The molecule has 0 saturated heterocycles. The Morgan fingerprint density at radius 2 is 2.05 bits per heavy atom. The summed E-state index contributed by atoms with van der Waals surface area (Å²) in [6.07, 6.45) is 7.65. The number of nitrogens with zero attached hydrogens (tertiary/aromatic N) is 1. The van der Waals surface area contributed by atoms with Gasteiger partial charge in [-0.2, -0.15) is 0 Å². The molecule has 0 unspecified atom stereocenters. The topological polar surface area (TPSA) is 36.4 Å². The van der Waals surface area contributed by atoms with Crippen molar-refractivity contribution in [1.29, 1.82) is 0 Å². The molecular formula is C17H26IN3. The molecule has 3 nitrogen and oxygen atoms in total. The minimum absolute atomic E-state index is 0. The molecule has 0 bridgehead atoms. The summed E-state index contributed by atoms with van der Waals surface area (Å²) in [7, 11) is 0. The molecule has 0 radical (unpaired) electrons. The lowest BCUT2D eigenvalue weighted by Gasteiger charge is -2.16. The highest BCUT2D eigenvalue weighted by molar-refractivity contribution is 14.0. The molecule has 1 aromatic carbocycles. The van der Waals surface area contributed by atoms with Crippen LogP contribution in [-0.2, 0) is 6.42 Å². The zero-order valence-corrected chi connectivity index (χ0v) is 15.3. The summed E-state index contributed by atoms with van der Waals surface area (Å²) in [4.78, 5) is 4.67. The fourth-order valence-corrected chi connectivity index (χ4v) is 2.41. The maximum atomic E-state index is 4.67. The molecule has 2 rings (SSSR count). The normalized spacial score (nSPS) is 14.9. The second-order valence-corrected chi connectivity index (χ2v) is 5.28. The fourth-order valence-electron chi connectivity index (χ4n) is 2.41. The number of hydrogen-bond donors (Lipinski definition) is 2. The van der Waals surface area contributed by atoms with E-state index in [1.54, 1.807) is 0 Å². The van der Waals surface area contributed by atoms with Crippen LogP contribution in [0.3, 0.4) is 0 Å². The first-order valence-electron chi connectivity index (χ1n) is 7.53. The van der Waals surface area contributed by atoms with Crippen molar-refractivity contribution in [1.82, 2.24) is 10.6 Å². The van der Waals surface area contributed by atoms with Crippen molar-refractivity contribution < 1.29 is 0 Å². The molecule has 2 N–H and O–H groups in total. The van der Waals surface area contributed by atoms with Gasteiger partial charge in [-0.1, -0.05) is 42.0 Å². The van der Waals surface area contributed by atoms with Crippen molar-refractivity contribution in [2.45, 2.75) is 39.2 Å². The van der Waals surface area contributed by atoms with Crippen LogP contribution in [0.4, 0.5) is 0 Å². The third-order valence-electron chi connectivity index (χ3n) is 3.45.